The average molecular weight is 258 g/mol. The molecule has 1 aliphatic rings. The van der Waals surface area contributed by atoms with Crippen molar-refractivity contribution in [1.29, 1.82) is 0 Å². The second-order valence-electron chi connectivity index (χ2n) is 5.60. The Morgan fingerprint density at radius 3 is 3.16 bits per heavy atom. The van der Waals surface area contributed by atoms with E-state index in [0.717, 1.165) is 18.0 Å². The lowest BCUT2D eigenvalue weighted by atomic mass is 10.0. The quantitative estimate of drug-likeness (QED) is 0.910. The van der Waals surface area contributed by atoms with Crippen LogP contribution in [0.25, 0.3) is 11.0 Å². The van der Waals surface area contributed by atoms with Crippen molar-refractivity contribution in [2.24, 2.45) is 13.0 Å². The van der Waals surface area contributed by atoms with Gasteiger partial charge in [-0.1, -0.05) is 0 Å². The minimum atomic E-state index is 0.848. The third-order valence-electron chi connectivity index (χ3n) is 4.18. The van der Waals surface area contributed by atoms with Crippen molar-refractivity contribution in [1.82, 2.24) is 14.9 Å². The fourth-order valence-electron chi connectivity index (χ4n) is 2.83. The number of benzene rings is 1. The van der Waals surface area contributed by atoms with E-state index in [1.54, 1.807) is 0 Å². The maximum atomic E-state index is 4.43. The van der Waals surface area contributed by atoms with E-state index in [9.17, 15) is 0 Å². The van der Waals surface area contributed by atoms with Gasteiger partial charge in [0.25, 0.3) is 0 Å². The molecule has 1 aromatic heterocycles. The molecular formula is C15H22N4. The highest BCUT2D eigenvalue weighted by molar-refractivity contribution is 5.79. The Morgan fingerprint density at radius 1 is 1.47 bits per heavy atom. The maximum Gasteiger partial charge on any atom is 0.0955 e. The molecule has 102 valence electrons. The molecule has 1 atom stereocenters. The smallest absolute Gasteiger partial charge is 0.0955 e. The Labute approximate surface area is 114 Å². The summed E-state index contributed by atoms with van der Waals surface area (Å²) >= 11 is 0. The minimum absolute atomic E-state index is 0.848. The van der Waals surface area contributed by atoms with Gasteiger partial charge in [0.2, 0.25) is 0 Å². The molecule has 2 heterocycles. The van der Waals surface area contributed by atoms with E-state index >= 15 is 0 Å². The topological polar surface area (TPSA) is 33.1 Å². The fraction of sp³-hybridized carbons (Fsp3) is 0.533. The standard InChI is InChI=1S/C15H22N4/c1-18(8-6-12-5-7-16-10-12)13-3-4-15-14(9-13)17-11-19(15)2/h3-4,9,11-12,16H,5-8,10H2,1-2H3. The molecule has 0 radical (unpaired) electrons. The summed E-state index contributed by atoms with van der Waals surface area (Å²) in [5.41, 5.74) is 3.53. The molecule has 0 saturated carbocycles. The first kappa shape index (κ1) is 12.5. The summed E-state index contributed by atoms with van der Waals surface area (Å²) in [5.74, 6) is 0.848. The molecule has 2 aromatic rings. The average Bonchev–Trinajstić information content (AvgIpc) is 3.06. The highest BCUT2D eigenvalue weighted by Gasteiger charge is 2.15. The van der Waals surface area contributed by atoms with Crippen LogP contribution in [-0.2, 0) is 7.05 Å². The molecular weight excluding hydrogens is 236 g/mol. The number of rotatable bonds is 4. The van der Waals surface area contributed by atoms with Crippen LogP contribution in [0.4, 0.5) is 5.69 Å². The van der Waals surface area contributed by atoms with Gasteiger partial charge < -0.3 is 14.8 Å². The van der Waals surface area contributed by atoms with Crippen LogP contribution >= 0.6 is 0 Å². The van der Waals surface area contributed by atoms with Gasteiger partial charge >= 0.3 is 0 Å². The molecule has 0 spiro atoms. The molecule has 1 saturated heterocycles. The second-order valence-corrected chi connectivity index (χ2v) is 5.60. The van der Waals surface area contributed by atoms with Crippen molar-refractivity contribution in [2.75, 3.05) is 31.6 Å². The number of fused-ring (bicyclic) bond motifs is 1. The molecule has 4 heteroatoms. The Balaban J connectivity index is 1.68. The molecule has 1 aromatic carbocycles. The highest BCUT2D eigenvalue weighted by Crippen LogP contribution is 2.21. The zero-order valence-electron chi connectivity index (χ0n) is 11.8. The Kier molecular flexibility index (Phi) is 3.42. The molecule has 0 aliphatic carbocycles. The summed E-state index contributed by atoms with van der Waals surface area (Å²) in [7, 11) is 4.21. The van der Waals surface area contributed by atoms with Gasteiger partial charge in [-0.2, -0.15) is 0 Å². The van der Waals surface area contributed by atoms with Gasteiger partial charge in [-0.05, 0) is 50.0 Å². The van der Waals surface area contributed by atoms with E-state index in [4.69, 9.17) is 0 Å². The predicted molar refractivity (Wildman–Crippen MR) is 79.6 cm³/mol. The normalized spacial score (nSPS) is 19.2. The minimum Gasteiger partial charge on any atom is -0.375 e. The predicted octanol–water partition coefficient (Wildman–Crippen LogP) is 2.01. The number of aromatic nitrogens is 2. The lowest BCUT2D eigenvalue weighted by molar-refractivity contribution is 0.534. The number of nitrogens with one attached hydrogen (secondary N) is 1. The van der Waals surface area contributed by atoms with Crippen LogP contribution in [0.2, 0.25) is 0 Å². The van der Waals surface area contributed by atoms with Gasteiger partial charge in [0, 0.05) is 26.3 Å². The van der Waals surface area contributed by atoms with E-state index < -0.39 is 0 Å². The number of hydrogen-bond donors (Lipinski definition) is 1. The van der Waals surface area contributed by atoms with Crippen LogP contribution in [0, 0.1) is 5.92 Å². The molecule has 1 unspecified atom stereocenters. The molecule has 0 amide bonds. The summed E-state index contributed by atoms with van der Waals surface area (Å²) in [6.45, 7) is 3.49. The van der Waals surface area contributed by atoms with E-state index in [1.807, 2.05) is 13.4 Å². The largest absolute Gasteiger partial charge is 0.375 e. The van der Waals surface area contributed by atoms with Crippen molar-refractivity contribution >= 4 is 16.7 Å². The number of nitrogens with zero attached hydrogens (tertiary/aromatic N) is 3. The van der Waals surface area contributed by atoms with E-state index in [1.165, 1.54) is 37.1 Å². The molecule has 1 aliphatic heterocycles. The Morgan fingerprint density at radius 2 is 2.37 bits per heavy atom. The van der Waals surface area contributed by atoms with Crippen LogP contribution in [0.3, 0.4) is 0 Å². The van der Waals surface area contributed by atoms with Gasteiger partial charge in [-0.25, -0.2) is 4.98 Å². The summed E-state index contributed by atoms with van der Waals surface area (Å²) < 4.78 is 2.06. The fourth-order valence-corrected chi connectivity index (χ4v) is 2.83. The monoisotopic (exact) mass is 258 g/mol. The molecule has 0 bridgehead atoms. The first-order valence-corrected chi connectivity index (χ1v) is 7.07. The summed E-state index contributed by atoms with van der Waals surface area (Å²) in [6, 6.07) is 6.53. The van der Waals surface area contributed by atoms with Gasteiger partial charge in [-0.15, -0.1) is 0 Å². The third-order valence-corrected chi connectivity index (χ3v) is 4.18. The van der Waals surface area contributed by atoms with Crippen LogP contribution in [0.15, 0.2) is 24.5 Å². The molecule has 19 heavy (non-hydrogen) atoms. The zero-order valence-corrected chi connectivity index (χ0v) is 11.8. The summed E-state index contributed by atoms with van der Waals surface area (Å²) in [4.78, 5) is 6.76. The molecule has 3 rings (SSSR count). The van der Waals surface area contributed by atoms with E-state index in [0.29, 0.717) is 0 Å². The molecule has 1 N–H and O–H groups in total. The lowest BCUT2D eigenvalue weighted by Crippen LogP contribution is -2.21. The first-order chi connectivity index (χ1) is 9.24. The molecule has 4 nitrogen and oxygen atoms in total. The number of anilines is 1. The van der Waals surface area contributed by atoms with Crippen molar-refractivity contribution in [3.05, 3.63) is 24.5 Å². The SMILES string of the molecule is CN(CCC1CCNC1)c1ccc2c(c1)ncn2C. The number of hydrogen-bond acceptors (Lipinski definition) is 3. The number of imidazole rings is 1. The van der Waals surface area contributed by atoms with Crippen LogP contribution in [0.1, 0.15) is 12.8 Å². The zero-order chi connectivity index (χ0) is 13.2. The van der Waals surface area contributed by atoms with Crippen LogP contribution in [0.5, 0.6) is 0 Å². The lowest BCUT2D eigenvalue weighted by Gasteiger charge is -2.21. The van der Waals surface area contributed by atoms with E-state index in [-0.39, 0.29) is 0 Å². The van der Waals surface area contributed by atoms with Crippen molar-refractivity contribution < 1.29 is 0 Å². The maximum absolute atomic E-state index is 4.43. The summed E-state index contributed by atoms with van der Waals surface area (Å²) in [6.07, 6.45) is 4.47. The van der Waals surface area contributed by atoms with Crippen molar-refractivity contribution in [3.8, 4) is 0 Å². The first-order valence-electron chi connectivity index (χ1n) is 7.07. The Hall–Kier alpha value is -1.55. The summed E-state index contributed by atoms with van der Waals surface area (Å²) in [5, 5.41) is 3.43. The van der Waals surface area contributed by atoms with Gasteiger partial charge in [-0.3, -0.25) is 0 Å². The third kappa shape index (κ3) is 2.59. The van der Waals surface area contributed by atoms with Crippen molar-refractivity contribution in [3.63, 3.8) is 0 Å². The van der Waals surface area contributed by atoms with Gasteiger partial charge in [0.05, 0.1) is 17.4 Å². The highest BCUT2D eigenvalue weighted by atomic mass is 15.1. The Bertz CT molecular complexity index is 554. The second kappa shape index (κ2) is 5.21. The van der Waals surface area contributed by atoms with Gasteiger partial charge in [0.1, 0.15) is 0 Å². The van der Waals surface area contributed by atoms with Gasteiger partial charge in [0.15, 0.2) is 0 Å². The molecule has 1 fully saturated rings. The van der Waals surface area contributed by atoms with E-state index in [2.05, 4.69) is 45.0 Å². The number of aryl methyl sites for hydroxylation is 1. The van der Waals surface area contributed by atoms with Crippen LogP contribution in [-0.4, -0.2) is 36.2 Å². The van der Waals surface area contributed by atoms with Crippen molar-refractivity contribution in [2.45, 2.75) is 12.8 Å². The van der Waals surface area contributed by atoms with Crippen LogP contribution < -0.4 is 10.2 Å².